The van der Waals surface area contributed by atoms with Crippen LogP contribution in [0.25, 0.3) is 0 Å². The highest BCUT2D eigenvalue weighted by Gasteiger charge is 2.36. The van der Waals surface area contributed by atoms with Crippen LogP contribution in [0.4, 0.5) is 18.9 Å². The first-order chi connectivity index (χ1) is 9.27. The van der Waals surface area contributed by atoms with Crippen LogP contribution in [0.3, 0.4) is 0 Å². The summed E-state index contributed by atoms with van der Waals surface area (Å²) in [6.45, 7) is 5.35. The van der Waals surface area contributed by atoms with E-state index in [4.69, 9.17) is 0 Å². The molecule has 1 aliphatic rings. The van der Waals surface area contributed by atoms with Crippen molar-refractivity contribution in [3.8, 4) is 0 Å². The Labute approximate surface area is 125 Å². The topological polar surface area (TPSA) is 15.3 Å². The zero-order valence-corrected chi connectivity index (χ0v) is 13.1. The van der Waals surface area contributed by atoms with Crippen LogP contribution in [-0.4, -0.2) is 25.2 Å². The Hall–Kier alpha value is -0.750. The first-order valence-electron chi connectivity index (χ1n) is 6.65. The third-order valence-corrected chi connectivity index (χ3v) is 3.86. The monoisotopic (exact) mass is 350 g/mol. The van der Waals surface area contributed by atoms with E-state index in [0.29, 0.717) is 23.6 Å². The summed E-state index contributed by atoms with van der Waals surface area (Å²) < 4.78 is 39.8. The zero-order chi connectivity index (χ0) is 14.9. The maximum Gasteiger partial charge on any atom is 0.418 e. The average Bonchev–Trinajstić information content (AvgIpc) is 2.75. The molecule has 2 nitrogen and oxygen atoms in total. The summed E-state index contributed by atoms with van der Waals surface area (Å²) in [7, 11) is 0. The van der Waals surface area contributed by atoms with Gasteiger partial charge in [0, 0.05) is 35.3 Å². The van der Waals surface area contributed by atoms with Crippen LogP contribution >= 0.6 is 15.9 Å². The van der Waals surface area contributed by atoms with Gasteiger partial charge in [-0.15, -0.1) is 0 Å². The van der Waals surface area contributed by atoms with Crippen molar-refractivity contribution in [2.24, 2.45) is 0 Å². The summed E-state index contributed by atoms with van der Waals surface area (Å²) >= 11 is 3.11. The fraction of sp³-hybridized carbons (Fsp3) is 0.571. The number of anilines is 1. The van der Waals surface area contributed by atoms with E-state index in [2.05, 4.69) is 21.2 Å². The van der Waals surface area contributed by atoms with E-state index in [0.717, 1.165) is 12.5 Å². The lowest BCUT2D eigenvalue weighted by molar-refractivity contribution is -0.137. The lowest BCUT2D eigenvalue weighted by Gasteiger charge is -2.24. The normalized spacial score (nSPS) is 19.9. The molecule has 1 aliphatic heterocycles. The standard InChI is InChI=1S/C14H18BrF3N2/c1-9(2)19-11-5-6-20(8-11)13-4-3-10(15)7-12(13)14(16,17)18/h3-4,7,9,11,19H,5-6,8H2,1-2H3. The summed E-state index contributed by atoms with van der Waals surface area (Å²) in [5.74, 6) is 0. The molecule has 1 unspecified atom stereocenters. The molecule has 112 valence electrons. The first-order valence-corrected chi connectivity index (χ1v) is 7.44. The number of alkyl halides is 3. The Bertz CT molecular complexity index is 474. The summed E-state index contributed by atoms with van der Waals surface area (Å²) in [4.78, 5) is 1.81. The van der Waals surface area contributed by atoms with E-state index >= 15 is 0 Å². The number of halogens is 4. The van der Waals surface area contributed by atoms with Crippen molar-refractivity contribution in [2.75, 3.05) is 18.0 Å². The van der Waals surface area contributed by atoms with Crippen molar-refractivity contribution < 1.29 is 13.2 Å². The molecule has 0 saturated carbocycles. The fourth-order valence-electron chi connectivity index (χ4n) is 2.60. The number of hydrogen-bond donors (Lipinski definition) is 1. The number of nitrogens with zero attached hydrogens (tertiary/aromatic N) is 1. The van der Waals surface area contributed by atoms with E-state index in [1.165, 1.54) is 0 Å². The molecule has 20 heavy (non-hydrogen) atoms. The van der Waals surface area contributed by atoms with Crippen molar-refractivity contribution in [1.82, 2.24) is 5.32 Å². The van der Waals surface area contributed by atoms with E-state index < -0.39 is 11.7 Å². The second kappa shape index (κ2) is 5.93. The van der Waals surface area contributed by atoms with Gasteiger partial charge in [-0.2, -0.15) is 13.2 Å². The molecule has 1 aromatic rings. The van der Waals surface area contributed by atoms with Gasteiger partial charge >= 0.3 is 6.18 Å². The van der Waals surface area contributed by atoms with Gasteiger partial charge in [-0.25, -0.2) is 0 Å². The Kier molecular flexibility index (Phi) is 4.64. The Morgan fingerprint density at radius 3 is 2.65 bits per heavy atom. The van der Waals surface area contributed by atoms with Gasteiger partial charge in [0.05, 0.1) is 5.56 Å². The van der Waals surface area contributed by atoms with Crippen LogP contribution in [0.1, 0.15) is 25.8 Å². The van der Waals surface area contributed by atoms with Crippen LogP contribution in [0.2, 0.25) is 0 Å². The summed E-state index contributed by atoms with van der Waals surface area (Å²) in [5.41, 5.74) is -0.300. The first kappa shape index (κ1) is 15.6. The van der Waals surface area contributed by atoms with Crippen molar-refractivity contribution in [3.63, 3.8) is 0 Å². The Balaban J connectivity index is 2.22. The molecule has 1 saturated heterocycles. The number of benzene rings is 1. The third kappa shape index (κ3) is 3.67. The second-order valence-electron chi connectivity index (χ2n) is 5.41. The molecule has 0 radical (unpaired) electrons. The van der Waals surface area contributed by atoms with Crippen LogP contribution in [-0.2, 0) is 6.18 Å². The molecule has 1 heterocycles. The SMILES string of the molecule is CC(C)NC1CCN(c2ccc(Br)cc2C(F)(F)F)C1. The van der Waals surface area contributed by atoms with Crippen LogP contribution in [0.5, 0.6) is 0 Å². The molecule has 1 aromatic carbocycles. The molecule has 6 heteroatoms. The molecule has 0 amide bonds. The molecule has 0 spiro atoms. The van der Waals surface area contributed by atoms with Crippen molar-refractivity contribution >= 4 is 21.6 Å². The molecule has 1 N–H and O–H groups in total. The van der Waals surface area contributed by atoms with Gasteiger partial charge < -0.3 is 10.2 Å². The van der Waals surface area contributed by atoms with Crippen molar-refractivity contribution in [2.45, 2.75) is 38.5 Å². The highest BCUT2D eigenvalue weighted by atomic mass is 79.9. The van der Waals surface area contributed by atoms with Gasteiger partial charge in [0.1, 0.15) is 0 Å². The van der Waals surface area contributed by atoms with E-state index in [9.17, 15) is 13.2 Å². The largest absolute Gasteiger partial charge is 0.418 e. The van der Waals surface area contributed by atoms with Crippen molar-refractivity contribution in [3.05, 3.63) is 28.2 Å². The molecule has 0 aromatic heterocycles. The smallest absolute Gasteiger partial charge is 0.369 e. The quantitative estimate of drug-likeness (QED) is 0.884. The Morgan fingerprint density at radius 2 is 2.05 bits per heavy atom. The lowest BCUT2D eigenvalue weighted by atomic mass is 10.1. The number of hydrogen-bond acceptors (Lipinski definition) is 2. The molecule has 1 atom stereocenters. The summed E-state index contributed by atoms with van der Waals surface area (Å²) in [6, 6.07) is 4.95. The van der Waals surface area contributed by atoms with Gasteiger partial charge in [0.25, 0.3) is 0 Å². The van der Waals surface area contributed by atoms with E-state index in [1.54, 1.807) is 12.1 Å². The van der Waals surface area contributed by atoms with Gasteiger partial charge in [-0.1, -0.05) is 29.8 Å². The van der Waals surface area contributed by atoms with E-state index in [1.807, 2.05) is 18.7 Å². The third-order valence-electron chi connectivity index (χ3n) is 3.36. The predicted octanol–water partition coefficient (Wildman–Crippen LogP) is 4.04. The highest BCUT2D eigenvalue weighted by molar-refractivity contribution is 9.10. The molecule has 1 fully saturated rings. The van der Waals surface area contributed by atoms with E-state index in [-0.39, 0.29) is 11.7 Å². The van der Waals surface area contributed by atoms with Crippen LogP contribution in [0.15, 0.2) is 22.7 Å². The fourth-order valence-corrected chi connectivity index (χ4v) is 2.96. The molecular weight excluding hydrogens is 333 g/mol. The minimum Gasteiger partial charge on any atom is -0.369 e. The van der Waals surface area contributed by atoms with Gasteiger partial charge in [-0.3, -0.25) is 0 Å². The molecule has 0 aliphatic carbocycles. The zero-order valence-electron chi connectivity index (χ0n) is 11.5. The average molecular weight is 351 g/mol. The minimum absolute atomic E-state index is 0.250. The minimum atomic E-state index is -4.33. The molecule has 2 rings (SSSR count). The Morgan fingerprint density at radius 1 is 1.35 bits per heavy atom. The van der Waals surface area contributed by atoms with Gasteiger partial charge in [0.2, 0.25) is 0 Å². The molecular formula is C14H18BrF3N2. The molecule has 0 bridgehead atoms. The predicted molar refractivity (Wildman–Crippen MR) is 78.0 cm³/mol. The lowest BCUT2D eigenvalue weighted by Crippen LogP contribution is -2.37. The number of rotatable bonds is 3. The second-order valence-corrected chi connectivity index (χ2v) is 6.33. The van der Waals surface area contributed by atoms with Gasteiger partial charge in [0.15, 0.2) is 0 Å². The number of nitrogens with one attached hydrogen (secondary N) is 1. The van der Waals surface area contributed by atoms with Crippen molar-refractivity contribution in [1.29, 1.82) is 0 Å². The summed E-state index contributed by atoms with van der Waals surface area (Å²) in [5, 5.41) is 3.38. The van der Waals surface area contributed by atoms with Crippen LogP contribution in [0, 0.1) is 0 Å². The maximum atomic E-state index is 13.1. The van der Waals surface area contributed by atoms with Gasteiger partial charge in [-0.05, 0) is 24.6 Å². The summed E-state index contributed by atoms with van der Waals surface area (Å²) in [6.07, 6.45) is -3.46. The van der Waals surface area contributed by atoms with Crippen LogP contribution < -0.4 is 10.2 Å². The maximum absolute atomic E-state index is 13.1. The highest BCUT2D eigenvalue weighted by Crippen LogP contribution is 2.39.